The Balaban J connectivity index is 1.73. The third-order valence-electron chi connectivity index (χ3n) is 7.25. The monoisotopic (exact) mass is 501 g/mol. The van der Waals surface area contributed by atoms with Gasteiger partial charge in [0.05, 0.1) is 17.7 Å². The Bertz CT molecular complexity index is 1260. The number of halogens is 3. The van der Waals surface area contributed by atoms with E-state index >= 15 is 4.39 Å². The second-order valence-corrected chi connectivity index (χ2v) is 10.1. The van der Waals surface area contributed by atoms with Crippen molar-refractivity contribution in [3.63, 3.8) is 0 Å². The van der Waals surface area contributed by atoms with Crippen LogP contribution in [0.15, 0.2) is 24.3 Å². The first-order chi connectivity index (χ1) is 16.8. The van der Waals surface area contributed by atoms with Crippen LogP contribution in [0.5, 0.6) is 5.75 Å². The van der Waals surface area contributed by atoms with Crippen LogP contribution in [0.3, 0.4) is 0 Å². The van der Waals surface area contributed by atoms with Gasteiger partial charge in [0.2, 0.25) is 5.95 Å². The number of nitrogens with zero attached hydrogens (tertiary/aromatic N) is 5. The molecule has 2 aliphatic heterocycles. The van der Waals surface area contributed by atoms with E-state index in [1.165, 1.54) is 19.2 Å². The van der Waals surface area contributed by atoms with E-state index in [2.05, 4.69) is 26.6 Å². The Morgan fingerprint density at radius 3 is 2.57 bits per heavy atom. The van der Waals surface area contributed by atoms with E-state index in [1.54, 1.807) is 12.1 Å². The first kappa shape index (κ1) is 24.0. The highest BCUT2D eigenvalue weighted by Gasteiger charge is 2.33. The van der Waals surface area contributed by atoms with Crippen LogP contribution in [-0.4, -0.2) is 67.8 Å². The maximum Gasteiger partial charge on any atom is 0.228 e. The first-order valence-corrected chi connectivity index (χ1v) is 12.4. The van der Waals surface area contributed by atoms with Gasteiger partial charge in [0, 0.05) is 42.7 Å². The molecule has 0 amide bonds. The molecule has 1 aromatic heterocycles. The minimum atomic E-state index is -0.671. The molecule has 9 heteroatoms. The Kier molecular flexibility index (Phi) is 6.44. The quantitative estimate of drug-likeness (QED) is 0.468. The summed E-state index contributed by atoms with van der Waals surface area (Å²) in [5.41, 5.74) is 0.0797. The van der Waals surface area contributed by atoms with Gasteiger partial charge in [0.25, 0.3) is 0 Å². The SMILES string of the molecule is COc1cccc(F)c1-c1c(Cl)cc2c(N3CCCC[C@@H]3C)nc(N3CC(N(C)C)C3)nc2c1F. The second kappa shape index (κ2) is 9.39. The Hall–Kier alpha value is -2.71. The number of piperidine rings is 1. The molecule has 2 aliphatic rings. The van der Waals surface area contributed by atoms with Crippen molar-refractivity contribution in [3.05, 3.63) is 40.9 Å². The number of fused-ring (bicyclic) bond motifs is 1. The number of aromatic nitrogens is 2. The lowest BCUT2D eigenvalue weighted by Gasteiger charge is -2.43. The molecule has 0 radical (unpaired) electrons. The van der Waals surface area contributed by atoms with Crippen molar-refractivity contribution in [3.8, 4) is 16.9 Å². The first-order valence-electron chi connectivity index (χ1n) is 12.0. The Labute approximate surface area is 209 Å². The summed E-state index contributed by atoms with van der Waals surface area (Å²) in [5.74, 6) is 0.0886. The normalized spacial score (nSPS) is 18.9. The van der Waals surface area contributed by atoms with Crippen molar-refractivity contribution in [1.82, 2.24) is 14.9 Å². The van der Waals surface area contributed by atoms with Crippen molar-refractivity contribution in [2.45, 2.75) is 38.3 Å². The van der Waals surface area contributed by atoms with Gasteiger partial charge >= 0.3 is 0 Å². The van der Waals surface area contributed by atoms with Crippen molar-refractivity contribution >= 4 is 34.3 Å². The number of ether oxygens (including phenoxy) is 1. The molecule has 0 saturated carbocycles. The summed E-state index contributed by atoms with van der Waals surface area (Å²) < 4.78 is 36.6. The van der Waals surface area contributed by atoms with E-state index in [1.807, 2.05) is 14.1 Å². The van der Waals surface area contributed by atoms with Crippen molar-refractivity contribution in [2.75, 3.05) is 50.6 Å². The molecule has 5 rings (SSSR count). The van der Waals surface area contributed by atoms with E-state index in [0.29, 0.717) is 23.2 Å². The summed E-state index contributed by atoms with van der Waals surface area (Å²) in [4.78, 5) is 16.0. The number of rotatable bonds is 5. The van der Waals surface area contributed by atoms with Gasteiger partial charge in [-0.25, -0.2) is 13.8 Å². The predicted molar refractivity (Wildman–Crippen MR) is 137 cm³/mol. The molecular weight excluding hydrogens is 472 g/mol. The zero-order valence-electron chi connectivity index (χ0n) is 20.5. The molecule has 0 N–H and O–H groups in total. The highest BCUT2D eigenvalue weighted by Crippen LogP contribution is 2.43. The molecule has 3 aromatic rings. The van der Waals surface area contributed by atoms with Crippen LogP contribution in [0.25, 0.3) is 22.0 Å². The maximum atomic E-state index is 16.3. The molecule has 35 heavy (non-hydrogen) atoms. The highest BCUT2D eigenvalue weighted by atomic mass is 35.5. The molecule has 0 spiro atoms. The van der Waals surface area contributed by atoms with Crippen molar-refractivity contribution < 1.29 is 13.5 Å². The lowest BCUT2D eigenvalue weighted by molar-refractivity contribution is 0.245. The van der Waals surface area contributed by atoms with Crippen LogP contribution in [0.4, 0.5) is 20.5 Å². The largest absolute Gasteiger partial charge is 0.496 e. The minimum absolute atomic E-state index is 0.0101. The smallest absolute Gasteiger partial charge is 0.228 e. The topological polar surface area (TPSA) is 44.7 Å². The van der Waals surface area contributed by atoms with E-state index in [9.17, 15) is 4.39 Å². The third-order valence-corrected chi connectivity index (χ3v) is 7.54. The second-order valence-electron chi connectivity index (χ2n) is 9.67. The lowest BCUT2D eigenvalue weighted by atomic mass is 9.99. The van der Waals surface area contributed by atoms with E-state index < -0.39 is 11.6 Å². The number of hydrogen-bond acceptors (Lipinski definition) is 6. The minimum Gasteiger partial charge on any atom is -0.496 e. The zero-order valence-corrected chi connectivity index (χ0v) is 21.2. The standard InChI is InChI=1S/C26H30ClF2N5O/c1-15-8-5-6-11-34(15)25-17-12-18(27)21(22-19(28)9-7-10-20(22)35-4)23(29)24(17)30-26(31-25)33-13-16(14-33)32(2)3/h7,9-10,12,15-16H,5-6,8,11,13-14H2,1-4H3/t15-/m0/s1. The summed E-state index contributed by atoms with van der Waals surface area (Å²) >= 11 is 6.63. The van der Waals surface area contributed by atoms with Crippen LogP contribution >= 0.6 is 11.6 Å². The van der Waals surface area contributed by atoms with Gasteiger partial charge in [-0.05, 0) is 58.5 Å². The number of methoxy groups -OCH3 is 1. The van der Waals surface area contributed by atoms with E-state index in [-0.39, 0.29) is 33.5 Å². The van der Waals surface area contributed by atoms with Crippen LogP contribution in [-0.2, 0) is 0 Å². The Morgan fingerprint density at radius 2 is 1.89 bits per heavy atom. The molecule has 2 aromatic carbocycles. The van der Waals surface area contributed by atoms with E-state index in [4.69, 9.17) is 21.3 Å². The fourth-order valence-electron chi connectivity index (χ4n) is 5.03. The Morgan fingerprint density at radius 1 is 1.11 bits per heavy atom. The summed E-state index contributed by atoms with van der Waals surface area (Å²) in [6.45, 7) is 4.51. The molecule has 3 heterocycles. The molecule has 6 nitrogen and oxygen atoms in total. The average Bonchev–Trinajstić information content (AvgIpc) is 2.79. The van der Waals surface area contributed by atoms with Crippen LogP contribution in [0.1, 0.15) is 26.2 Å². The van der Waals surface area contributed by atoms with Gasteiger partial charge in [-0.2, -0.15) is 4.98 Å². The molecule has 0 aliphatic carbocycles. The van der Waals surface area contributed by atoms with Crippen molar-refractivity contribution in [2.24, 2.45) is 0 Å². The van der Waals surface area contributed by atoms with Gasteiger partial charge in [-0.1, -0.05) is 17.7 Å². The maximum absolute atomic E-state index is 16.3. The number of anilines is 2. The van der Waals surface area contributed by atoms with Gasteiger partial charge in [0.1, 0.15) is 22.9 Å². The molecule has 2 fully saturated rings. The summed E-state index contributed by atoms with van der Waals surface area (Å²) in [5, 5.41) is 0.631. The molecule has 0 unspecified atom stereocenters. The number of likely N-dealkylation sites (N-methyl/N-ethyl adjacent to an activating group) is 1. The van der Waals surface area contributed by atoms with Crippen LogP contribution < -0.4 is 14.5 Å². The summed E-state index contributed by atoms with van der Waals surface area (Å²) in [7, 11) is 5.51. The molecule has 2 saturated heterocycles. The highest BCUT2D eigenvalue weighted by molar-refractivity contribution is 6.34. The molecule has 0 bridgehead atoms. The van der Waals surface area contributed by atoms with Crippen LogP contribution in [0, 0.1) is 11.6 Å². The van der Waals surface area contributed by atoms with Crippen molar-refractivity contribution in [1.29, 1.82) is 0 Å². The van der Waals surface area contributed by atoms with E-state index in [0.717, 1.165) is 38.9 Å². The summed E-state index contributed by atoms with van der Waals surface area (Å²) in [6, 6.07) is 6.69. The molecule has 186 valence electrons. The van der Waals surface area contributed by atoms with Gasteiger partial charge in [0.15, 0.2) is 5.82 Å². The molecule has 1 atom stereocenters. The fourth-order valence-corrected chi connectivity index (χ4v) is 5.32. The third kappa shape index (κ3) is 4.16. The molecular formula is C26H30ClF2N5O. The zero-order chi connectivity index (χ0) is 24.9. The van der Waals surface area contributed by atoms with Gasteiger partial charge in [-0.3, -0.25) is 0 Å². The summed E-state index contributed by atoms with van der Waals surface area (Å²) in [6.07, 6.45) is 3.23. The lowest BCUT2D eigenvalue weighted by Crippen LogP contribution is -2.58. The predicted octanol–water partition coefficient (Wildman–Crippen LogP) is 5.37. The number of hydrogen-bond donors (Lipinski definition) is 0. The van der Waals surface area contributed by atoms with Crippen LogP contribution in [0.2, 0.25) is 5.02 Å². The van der Waals surface area contributed by atoms with Gasteiger partial charge < -0.3 is 19.4 Å². The average molecular weight is 502 g/mol. The van der Waals surface area contributed by atoms with Gasteiger partial charge in [-0.15, -0.1) is 0 Å². The fraction of sp³-hybridized carbons (Fsp3) is 0.462. The number of benzene rings is 2.